The van der Waals surface area contributed by atoms with Crippen molar-refractivity contribution < 1.29 is 0 Å². The van der Waals surface area contributed by atoms with Gasteiger partial charge in [0.05, 0.1) is 0 Å². The van der Waals surface area contributed by atoms with Crippen LogP contribution in [0, 0.1) is 0 Å². The SMILES string of the molecule is CB1CC(c2ccccc2)(c2ccccc2)[C@@H]2CCCN12. The molecule has 2 aromatic rings. The number of hydrogen-bond acceptors (Lipinski definition) is 1. The van der Waals surface area contributed by atoms with Gasteiger partial charge in [-0.3, -0.25) is 0 Å². The topological polar surface area (TPSA) is 3.24 Å². The normalized spacial score (nSPS) is 24.2. The van der Waals surface area contributed by atoms with Gasteiger partial charge < -0.3 is 4.81 Å². The average molecular weight is 275 g/mol. The van der Waals surface area contributed by atoms with Gasteiger partial charge in [-0.2, -0.15) is 0 Å². The molecule has 0 N–H and O–H groups in total. The summed E-state index contributed by atoms with van der Waals surface area (Å²) in [6.07, 6.45) is 3.91. The Morgan fingerprint density at radius 3 is 2.10 bits per heavy atom. The van der Waals surface area contributed by atoms with Crippen LogP contribution < -0.4 is 0 Å². The standard InChI is InChI=1S/C19H22BN/c1-20-15-19(16-9-4-2-5-10-16,17-11-6-3-7-12-17)18-13-8-14-21(18)20/h2-7,9-12,18H,8,13-15H2,1H3/t18-/m0/s1. The number of fused-ring (bicyclic) bond motifs is 1. The van der Waals surface area contributed by atoms with E-state index in [1.807, 2.05) is 0 Å². The molecule has 1 nitrogen and oxygen atoms in total. The lowest BCUT2D eigenvalue weighted by molar-refractivity contribution is 0.338. The van der Waals surface area contributed by atoms with Crippen molar-refractivity contribution in [2.45, 2.75) is 37.4 Å². The molecule has 0 saturated carbocycles. The van der Waals surface area contributed by atoms with Gasteiger partial charge in [0.2, 0.25) is 6.85 Å². The van der Waals surface area contributed by atoms with Gasteiger partial charge in [0, 0.05) is 11.5 Å². The zero-order valence-corrected chi connectivity index (χ0v) is 12.7. The first-order valence-electron chi connectivity index (χ1n) is 8.19. The summed E-state index contributed by atoms with van der Waals surface area (Å²) in [4.78, 5) is 2.75. The molecule has 0 spiro atoms. The van der Waals surface area contributed by atoms with Crippen LogP contribution in [0.1, 0.15) is 24.0 Å². The van der Waals surface area contributed by atoms with Gasteiger partial charge in [-0.1, -0.05) is 67.5 Å². The Bertz CT molecular complexity index is 570. The van der Waals surface area contributed by atoms with E-state index in [0.29, 0.717) is 12.9 Å². The lowest BCUT2D eigenvalue weighted by atomic mass is 9.54. The van der Waals surface area contributed by atoms with Gasteiger partial charge in [-0.05, 0) is 36.8 Å². The fourth-order valence-corrected chi connectivity index (χ4v) is 4.82. The molecule has 0 bridgehead atoms. The lowest BCUT2D eigenvalue weighted by Crippen LogP contribution is -2.40. The van der Waals surface area contributed by atoms with Crippen LogP contribution in [0.15, 0.2) is 60.7 Å². The first-order valence-corrected chi connectivity index (χ1v) is 8.19. The molecule has 2 fully saturated rings. The summed E-state index contributed by atoms with van der Waals surface area (Å²) < 4.78 is 0. The van der Waals surface area contributed by atoms with Crippen LogP contribution in [0.4, 0.5) is 0 Å². The minimum atomic E-state index is 0.179. The fourth-order valence-electron chi connectivity index (χ4n) is 4.82. The third kappa shape index (κ3) is 1.89. The Hall–Kier alpha value is -1.54. The van der Waals surface area contributed by atoms with Crippen LogP contribution >= 0.6 is 0 Å². The van der Waals surface area contributed by atoms with E-state index in [2.05, 4.69) is 72.3 Å². The van der Waals surface area contributed by atoms with Crippen molar-refractivity contribution in [3.8, 4) is 0 Å². The van der Waals surface area contributed by atoms with E-state index in [0.717, 1.165) is 0 Å². The summed E-state index contributed by atoms with van der Waals surface area (Å²) in [5, 5.41) is 0. The number of benzene rings is 2. The molecule has 2 aliphatic rings. The highest BCUT2D eigenvalue weighted by atomic mass is 15.2. The third-order valence-corrected chi connectivity index (χ3v) is 5.62. The van der Waals surface area contributed by atoms with Crippen molar-refractivity contribution in [2.75, 3.05) is 6.54 Å². The van der Waals surface area contributed by atoms with Crippen molar-refractivity contribution in [3.05, 3.63) is 71.8 Å². The Morgan fingerprint density at radius 2 is 1.52 bits per heavy atom. The zero-order valence-electron chi connectivity index (χ0n) is 12.7. The summed E-state index contributed by atoms with van der Waals surface area (Å²) >= 11 is 0. The molecule has 0 amide bonds. The molecule has 0 radical (unpaired) electrons. The number of hydrogen-bond donors (Lipinski definition) is 0. The zero-order chi connectivity index (χ0) is 14.3. The smallest absolute Gasteiger partial charge is 0.221 e. The van der Waals surface area contributed by atoms with Crippen molar-refractivity contribution in [2.24, 2.45) is 0 Å². The third-order valence-electron chi connectivity index (χ3n) is 5.62. The van der Waals surface area contributed by atoms with E-state index >= 15 is 0 Å². The second-order valence-electron chi connectivity index (χ2n) is 6.65. The first-order chi connectivity index (χ1) is 10.3. The Balaban J connectivity index is 1.92. The fraction of sp³-hybridized carbons (Fsp3) is 0.368. The molecule has 0 aromatic heterocycles. The van der Waals surface area contributed by atoms with Gasteiger partial charge in [0.1, 0.15) is 0 Å². The molecule has 2 saturated heterocycles. The summed E-state index contributed by atoms with van der Waals surface area (Å²) in [5.41, 5.74) is 3.17. The molecule has 106 valence electrons. The molecule has 0 aliphatic carbocycles. The highest BCUT2D eigenvalue weighted by Crippen LogP contribution is 2.51. The van der Waals surface area contributed by atoms with Gasteiger partial charge in [0.25, 0.3) is 0 Å². The largest absolute Gasteiger partial charge is 0.338 e. The molecule has 0 unspecified atom stereocenters. The predicted octanol–water partition coefficient (Wildman–Crippen LogP) is 4.07. The summed E-state index contributed by atoms with van der Waals surface area (Å²) in [6, 6.07) is 23.1. The van der Waals surface area contributed by atoms with Gasteiger partial charge in [-0.15, -0.1) is 0 Å². The second kappa shape index (κ2) is 5.03. The van der Waals surface area contributed by atoms with Gasteiger partial charge >= 0.3 is 0 Å². The molecule has 21 heavy (non-hydrogen) atoms. The maximum absolute atomic E-state index is 2.75. The van der Waals surface area contributed by atoms with Crippen molar-refractivity contribution >= 4 is 6.85 Å². The van der Waals surface area contributed by atoms with Crippen LogP contribution in [-0.4, -0.2) is 24.2 Å². The van der Waals surface area contributed by atoms with Gasteiger partial charge in [0.15, 0.2) is 0 Å². The highest BCUT2D eigenvalue weighted by Gasteiger charge is 2.54. The second-order valence-corrected chi connectivity index (χ2v) is 6.65. The molecule has 1 atom stereocenters. The predicted molar refractivity (Wildman–Crippen MR) is 89.8 cm³/mol. The van der Waals surface area contributed by atoms with Crippen LogP contribution in [0.3, 0.4) is 0 Å². The monoisotopic (exact) mass is 275 g/mol. The van der Waals surface area contributed by atoms with E-state index in [4.69, 9.17) is 0 Å². The highest BCUT2D eigenvalue weighted by molar-refractivity contribution is 6.56. The minimum absolute atomic E-state index is 0.179. The van der Waals surface area contributed by atoms with Crippen molar-refractivity contribution in [1.29, 1.82) is 0 Å². The van der Waals surface area contributed by atoms with Crippen molar-refractivity contribution in [3.63, 3.8) is 0 Å². The maximum Gasteiger partial charge on any atom is 0.221 e. The van der Waals surface area contributed by atoms with Crippen LogP contribution in [-0.2, 0) is 5.41 Å². The van der Waals surface area contributed by atoms with Gasteiger partial charge in [-0.25, -0.2) is 0 Å². The van der Waals surface area contributed by atoms with Crippen LogP contribution in [0.2, 0.25) is 13.1 Å². The molecular formula is C19H22BN. The Labute approximate surface area is 128 Å². The van der Waals surface area contributed by atoms with E-state index in [-0.39, 0.29) is 5.41 Å². The first kappa shape index (κ1) is 13.2. The van der Waals surface area contributed by atoms with Crippen molar-refractivity contribution in [1.82, 2.24) is 4.81 Å². The molecule has 2 aromatic carbocycles. The van der Waals surface area contributed by atoms with Crippen LogP contribution in [0.5, 0.6) is 0 Å². The van der Waals surface area contributed by atoms with E-state index in [1.165, 1.54) is 36.8 Å². The lowest BCUT2D eigenvalue weighted by Gasteiger charge is -2.37. The number of nitrogens with zero attached hydrogens (tertiary/aromatic N) is 1. The average Bonchev–Trinajstić information content (AvgIpc) is 3.13. The molecular weight excluding hydrogens is 253 g/mol. The summed E-state index contributed by atoms with van der Waals surface area (Å²) in [5.74, 6) is 0. The molecule has 2 heterocycles. The van der Waals surface area contributed by atoms with E-state index in [9.17, 15) is 0 Å². The van der Waals surface area contributed by atoms with E-state index in [1.54, 1.807) is 0 Å². The minimum Gasteiger partial charge on any atom is -0.338 e. The molecule has 2 aliphatic heterocycles. The molecule has 4 rings (SSSR count). The number of rotatable bonds is 2. The van der Waals surface area contributed by atoms with Crippen LogP contribution in [0.25, 0.3) is 0 Å². The summed E-state index contributed by atoms with van der Waals surface area (Å²) in [6.45, 7) is 4.36. The Kier molecular flexibility index (Phi) is 3.15. The summed E-state index contributed by atoms with van der Waals surface area (Å²) in [7, 11) is 0. The molecule has 2 heteroatoms. The quantitative estimate of drug-likeness (QED) is 0.747. The van der Waals surface area contributed by atoms with E-state index < -0.39 is 0 Å². The Morgan fingerprint density at radius 1 is 0.952 bits per heavy atom. The maximum atomic E-state index is 2.75.